The van der Waals surface area contributed by atoms with E-state index in [1.54, 1.807) is 0 Å². The molecule has 0 saturated heterocycles. The molecule has 24 heavy (non-hydrogen) atoms. The van der Waals surface area contributed by atoms with Crippen molar-refractivity contribution in [2.24, 2.45) is 0 Å². The van der Waals surface area contributed by atoms with Crippen molar-refractivity contribution in [3.63, 3.8) is 0 Å². The molecule has 0 radical (unpaired) electrons. The first-order valence-electron chi connectivity index (χ1n) is 8.53. The smallest absolute Gasteiger partial charge is 0.319 e. The van der Waals surface area contributed by atoms with Gasteiger partial charge in [-0.15, -0.1) is 0 Å². The molecule has 0 fully saturated rings. The van der Waals surface area contributed by atoms with Crippen LogP contribution in [0.1, 0.15) is 37.9 Å². The maximum absolute atomic E-state index is 12.2. The van der Waals surface area contributed by atoms with Crippen LogP contribution in [0, 0.1) is 6.92 Å². The molecule has 0 aliphatic heterocycles. The van der Waals surface area contributed by atoms with E-state index in [9.17, 15) is 4.79 Å². The summed E-state index contributed by atoms with van der Waals surface area (Å²) in [6, 6.07) is 15.8. The minimum absolute atomic E-state index is 0.0403. The molecule has 4 heteroatoms. The van der Waals surface area contributed by atoms with Gasteiger partial charge in [-0.25, -0.2) is 4.79 Å². The molecule has 2 aromatic rings. The van der Waals surface area contributed by atoms with E-state index in [1.165, 1.54) is 5.69 Å². The van der Waals surface area contributed by atoms with Crippen molar-refractivity contribution in [1.29, 1.82) is 0 Å². The van der Waals surface area contributed by atoms with Crippen LogP contribution in [-0.4, -0.2) is 19.1 Å². The van der Waals surface area contributed by atoms with Gasteiger partial charge >= 0.3 is 6.03 Å². The molecule has 0 spiro atoms. The molecule has 2 amide bonds. The summed E-state index contributed by atoms with van der Waals surface area (Å²) in [5.41, 5.74) is 4.16. The van der Waals surface area contributed by atoms with Crippen LogP contribution in [-0.2, 0) is 0 Å². The second-order valence-corrected chi connectivity index (χ2v) is 5.90. The second kappa shape index (κ2) is 8.39. The van der Waals surface area contributed by atoms with Gasteiger partial charge in [-0.2, -0.15) is 0 Å². The van der Waals surface area contributed by atoms with Gasteiger partial charge in [-0.1, -0.05) is 30.3 Å². The second-order valence-electron chi connectivity index (χ2n) is 5.90. The summed E-state index contributed by atoms with van der Waals surface area (Å²) in [7, 11) is 0. The Bertz CT molecular complexity index is 666. The first-order valence-corrected chi connectivity index (χ1v) is 8.53. The number of aryl methyl sites for hydroxylation is 1. The molecule has 0 aliphatic rings. The quantitative estimate of drug-likeness (QED) is 0.807. The van der Waals surface area contributed by atoms with E-state index >= 15 is 0 Å². The fraction of sp³-hybridized carbons (Fsp3) is 0.350. The number of carbonyl (C=O) groups excluding carboxylic acids is 1. The molecule has 2 N–H and O–H groups in total. The van der Waals surface area contributed by atoms with Gasteiger partial charge in [0.05, 0.1) is 6.04 Å². The Labute approximate surface area is 144 Å². The fourth-order valence-corrected chi connectivity index (χ4v) is 2.75. The zero-order chi connectivity index (χ0) is 17.5. The Morgan fingerprint density at radius 2 is 1.75 bits per heavy atom. The van der Waals surface area contributed by atoms with Crippen LogP contribution in [0.25, 0.3) is 0 Å². The number of nitrogens with zero attached hydrogens (tertiary/aromatic N) is 1. The van der Waals surface area contributed by atoms with Crippen LogP contribution < -0.4 is 15.5 Å². The van der Waals surface area contributed by atoms with Crippen molar-refractivity contribution in [2.45, 2.75) is 33.7 Å². The van der Waals surface area contributed by atoms with Gasteiger partial charge in [0.25, 0.3) is 0 Å². The van der Waals surface area contributed by atoms with Crippen LogP contribution in [0.15, 0.2) is 48.5 Å². The lowest BCUT2D eigenvalue weighted by Crippen LogP contribution is -2.31. The number of rotatable bonds is 6. The van der Waals surface area contributed by atoms with E-state index < -0.39 is 0 Å². The Balaban J connectivity index is 2.01. The molecule has 128 valence electrons. The number of urea groups is 1. The molecule has 0 aliphatic carbocycles. The van der Waals surface area contributed by atoms with Crippen molar-refractivity contribution in [3.8, 4) is 0 Å². The fourth-order valence-electron chi connectivity index (χ4n) is 2.75. The highest BCUT2D eigenvalue weighted by molar-refractivity contribution is 5.90. The van der Waals surface area contributed by atoms with Crippen molar-refractivity contribution >= 4 is 17.4 Å². The Morgan fingerprint density at radius 1 is 1.08 bits per heavy atom. The number of hydrogen-bond acceptors (Lipinski definition) is 2. The minimum atomic E-state index is -0.190. The predicted octanol–water partition coefficient (Wildman–Crippen LogP) is 4.72. The number of nitrogens with one attached hydrogen (secondary N) is 2. The zero-order valence-electron chi connectivity index (χ0n) is 15.0. The number of carbonyl (C=O) groups is 1. The van der Waals surface area contributed by atoms with E-state index in [0.717, 1.165) is 29.9 Å². The Kier molecular flexibility index (Phi) is 6.24. The summed E-state index contributed by atoms with van der Waals surface area (Å²) in [6.45, 7) is 10.2. The number of anilines is 2. The number of amides is 2. The summed E-state index contributed by atoms with van der Waals surface area (Å²) in [6.07, 6.45) is 0. The number of hydrogen-bond donors (Lipinski definition) is 2. The van der Waals surface area contributed by atoms with Crippen LogP contribution in [0.5, 0.6) is 0 Å². The lowest BCUT2D eigenvalue weighted by molar-refractivity contribution is 0.249. The van der Waals surface area contributed by atoms with Crippen molar-refractivity contribution < 1.29 is 4.79 Å². The maximum Gasteiger partial charge on any atom is 0.319 e. The van der Waals surface area contributed by atoms with Crippen molar-refractivity contribution in [3.05, 3.63) is 59.7 Å². The van der Waals surface area contributed by atoms with Gasteiger partial charge in [0, 0.05) is 24.5 Å². The highest BCUT2D eigenvalue weighted by atomic mass is 16.2. The normalized spacial score (nSPS) is 11.7. The van der Waals surface area contributed by atoms with Gasteiger partial charge in [0.2, 0.25) is 0 Å². The summed E-state index contributed by atoms with van der Waals surface area (Å²) in [4.78, 5) is 14.5. The molecule has 0 saturated carbocycles. The summed E-state index contributed by atoms with van der Waals surface area (Å²) < 4.78 is 0. The van der Waals surface area contributed by atoms with E-state index in [-0.39, 0.29) is 12.1 Å². The van der Waals surface area contributed by atoms with E-state index in [1.807, 2.05) is 50.2 Å². The van der Waals surface area contributed by atoms with Crippen LogP contribution in [0.4, 0.5) is 16.2 Å². The van der Waals surface area contributed by atoms with Gasteiger partial charge in [0.1, 0.15) is 0 Å². The average Bonchev–Trinajstić information content (AvgIpc) is 2.59. The van der Waals surface area contributed by atoms with Crippen molar-refractivity contribution in [1.82, 2.24) is 5.32 Å². The third kappa shape index (κ3) is 4.51. The van der Waals surface area contributed by atoms with Crippen LogP contribution in [0.3, 0.4) is 0 Å². The standard InChI is InChI=1S/C20H27N3O/c1-5-23(6-2)18-12-13-19(15(3)14-18)22-20(24)21-16(4)17-10-8-7-9-11-17/h7-14,16H,5-6H2,1-4H3,(H2,21,22,24). The molecule has 4 nitrogen and oxygen atoms in total. The highest BCUT2D eigenvalue weighted by Gasteiger charge is 2.11. The lowest BCUT2D eigenvalue weighted by atomic mass is 10.1. The van der Waals surface area contributed by atoms with Gasteiger partial charge in [-0.3, -0.25) is 0 Å². The maximum atomic E-state index is 12.2. The first kappa shape index (κ1) is 17.9. The van der Waals surface area contributed by atoms with E-state index in [2.05, 4.69) is 41.5 Å². The Hall–Kier alpha value is -2.49. The monoisotopic (exact) mass is 325 g/mol. The molecule has 0 aromatic heterocycles. The Morgan fingerprint density at radius 3 is 2.33 bits per heavy atom. The molecule has 0 bridgehead atoms. The average molecular weight is 325 g/mol. The lowest BCUT2D eigenvalue weighted by Gasteiger charge is -2.22. The molecular weight excluding hydrogens is 298 g/mol. The van der Waals surface area contributed by atoms with Crippen LogP contribution in [0.2, 0.25) is 0 Å². The van der Waals surface area contributed by atoms with Gasteiger partial charge in [0.15, 0.2) is 0 Å². The third-order valence-corrected chi connectivity index (χ3v) is 4.23. The largest absolute Gasteiger partial charge is 0.372 e. The SMILES string of the molecule is CCN(CC)c1ccc(NC(=O)NC(C)c2ccccc2)c(C)c1. The third-order valence-electron chi connectivity index (χ3n) is 4.23. The molecule has 1 atom stereocenters. The zero-order valence-corrected chi connectivity index (χ0v) is 15.0. The summed E-state index contributed by atoms with van der Waals surface area (Å²) >= 11 is 0. The first-order chi connectivity index (χ1) is 11.5. The molecular formula is C20H27N3O. The summed E-state index contributed by atoms with van der Waals surface area (Å²) in [5.74, 6) is 0. The molecule has 1 unspecified atom stereocenters. The summed E-state index contributed by atoms with van der Waals surface area (Å²) in [5, 5.41) is 5.92. The van der Waals surface area contributed by atoms with Gasteiger partial charge < -0.3 is 15.5 Å². The number of benzene rings is 2. The molecule has 2 rings (SSSR count). The predicted molar refractivity (Wildman–Crippen MR) is 102 cm³/mol. The highest BCUT2D eigenvalue weighted by Crippen LogP contribution is 2.23. The van der Waals surface area contributed by atoms with E-state index in [4.69, 9.17) is 0 Å². The van der Waals surface area contributed by atoms with Gasteiger partial charge in [-0.05, 0) is 57.0 Å². The van der Waals surface area contributed by atoms with E-state index in [0.29, 0.717) is 0 Å². The molecule has 2 aromatic carbocycles. The van der Waals surface area contributed by atoms with Crippen LogP contribution >= 0.6 is 0 Å². The molecule has 0 heterocycles. The minimum Gasteiger partial charge on any atom is -0.372 e. The van der Waals surface area contributed by atoms with Crippen molar-refractivity contribution in [2.75, 3.05) is 23.3 Å². The topological polar surface area (TPSA) is 44.4 Å².